The standard InChI is InChI=1S/C16H22BrNO4S/c1-12(2)9-18(14-7-8-23(20,21)11-14)16(19)10-22-15-5-3-13(17)4-6-15/h3-6,12,14H,7-11H2,1-2H3. The average Bonchev–Trinajstić information content (AvgIpc) is 2.83. The molecule has 1 aromatic rings. The normalized spacial score (nSPS) is 19.7. The summed E-state index contributed by atoms with van der Waals surface area (Å²) < 4.78 is 29.9. The summed E-state index contributed by atoms with van der Waals surface area (Å²) in [7, 11) is -3.02. The average molecular weight is 404 g/mol. The Kier molecular flexibility index (Phi) is 6.08. The lowest BCUT2D eigenvalue weighted by atomic mass is 10.1. The first kappa shape index (κ1) is 18.3. The van der Waals surface area contributed by atoms with Crippen molar-refractivity contribution in [2.24, 2.45) is 5.92 Å². The Balaban J connectivity index is 2.00. The van der Waals surface area contributed by atoms with Crippen LogP contribution < -0.4 is 4.74 Å². The fraction of sp³-hybridized carbons (Fsp3) is 0.562. The van der Waals surface area contributed by atoms with Crippen molar-refractivity contribution in [1.29, 1.82) is 0 Å². The number of sulfone groups is 1. The van der Waals surface area contributed by atoms with Crippen molar-refractivity contribution < 1.29 is 17.9 Å². The Hall–Kier alpha value is -1.08. The number of hydrogen-bond acceptors (Lipinski definition) is 4. The van der Waals surface area contributed by atoms with Crippen LogP contribution in [-0.4, -0.2) is 49.9 Å². The van der Waals surface area contributed by atoms with Gasteiger partial charge in [0, 0.05) is 17.1 Å². The van der Waals surface area contributed by atoms with Gasteiger partial charge in [-0.05, 0) is 36.6 Å². The first-order valence-corrected chi connectivity index (χ1v) is 10.3. The number of rotatable bonds is 6. The van der Waals surface area contributed by atoms with Crippen molar-refractivity contribution in [2.45, 2.75) is 26.3 Å². The Labute approximate surface area is 146 Å². The molecule has 128 valence electrons. The van der Waals surface area contributed by atoms with Gasteiger partial charge in [-0.25, -0.2) is 8.42 Å². The van der Waals surface area contributed by atoms with E-state index in [0.717, 1.165) is 4.47 Å². The molecular formula is C16H22BrNO4S. The van der Waals surface area contributed by atoms with Gasteiger partial charge in [0.25, 0.3) is 5.91 Å². The van der Waals surface area contributed by atoms with E-state index in [0.29, 0.717) is 18.7 Å². The van der Waals surface area contributed by atoms with Gasteiger partial charge in [0.1, 0.15) is 5.75 Å². The second kappa shape index (κ2) is 7.66. The largest absolute Gasteiger partial charge is 0.484 e. The number of benzene rings is 1. The molecule has 7 heteroatoms. The molecule has 1 heterocycles. The Morgan fingerprint density at radius 1 is 1.35 bits per heavy atom. The lowest BCUT2D eigenvalue weighted by Crippen LogP contribution is -2.45. The minimum absolute atomic E-state index is 0.0593. The highest BCUT2D eigenvalue weighted by Gasteiger charge is 2.34. The second-order valence-electron chi connectivity index (χ2n) is 6.24. The first-order chi connectivity index (χ1) is 10.8. The predicted molar refractivity (Wildman–Crippen MR) is 93.2 cm³/mol. The second-order valence-corrected chi connectivity index (χ2v) is 9.38. The fourth-order valence-electron chi connectivity index (χ4n) is 2.63. The maximum absolute atomic E-state index is 12.5. The van der Waals surface area contributed by atoms with E-state index < -0.39 is 9.84 Å². The molecular weight excluding hydrogens is 382 g/mol. The van der Waals surface area contributed by atoms with Gasteiger partial charge in [0.2, 0.25) is 0 Å². The molecule has 1 amide bonds. The molecule has 2 rings (SSSR count). The number of amides is 1. The molecule has 1 unspecified atom stereocenters. The van der Waals surface area contributed by atoms with Gasteiger partial charge in [-0.15, -0.1) is 0 Å². The summed E-state index contributed by atoms with van der Waals surface area (Å²) >= 11 is 3.34. The highest BCUT2D eigenvalue weighted by molar-refractivity contribution is 9.10. The quantitative estimate of drug-likeness (QED) is 0.731. The topological polar surface area (TPSA) is 63.7 Å². The van der Waals surface area contributed by atoms with E-state index in [1.54, 1.807) is 17.0 Å². The zero-order valence-corrected chi connectivity index (χ0v) is 15.8. The van der Waals surface area contributed by atoms with Gasteiger partial charge < -0.3 is 9.64 Å². The van der Waals surface area contributed by atoms with E-state index >= 15 is 0 Å². The summed E-state index contributed by atoms with van der Waals surface area (Å²) in [5.74, 6) is 0.945. The van der Waals surface area contributed by atoms with E-state index in [-0.39, 0.29) is 36.0 Å². The van der Waals surface area contributed by atoms with E-state index in [2.05, 4.69) is 15.9 Å². The molecule has 1 saturated heterocycles. The molecule has 0 aliphatic carbocycles. The lowest BCUT2D eigenvalue weighted by molar-refractivity contribution is -0.135. The molecule has 1 fully saturated rings. The maximum Gasteiger partial charge on any atom is 0.260 e. The maximum atomic E-state index is 12.5. The van der Waals surface area contributed by atoms with Crippen LogP contribution in [0.3, 0.4) is 0 Å². The van der Waals surface area contributed by atoms with Crippen LogP contribution in [0.2, 0.25) is 0 Å². The molecule has 0 N–H and O–H groups in total. The summed E-state index contributed by atoms with van der Waals surface area (Å²) in [6, 6.07) is 7.02. The number of hydrogen-bond donors (Lipinski definition) is 0. The minimum atomic E-state index is -3.02. The van der Waals surface area contributed by atoms with Gasteiger partial charge in [0.15, 0.2) is 16.4 Å². The van der Waals surface area contributed by atoms with Gasteiger partial charge in [-0.3, -0.25) is 4.79 Å². The molecule has 0 spiro atoms. The third-order valence-electron chi connectivity index (χ3n) is 3.71. The van der Waals surface area contributed by atoms with Gasteiger partial charge in [0.05, 0.1) is 11.5 Å². The van der Waals surface area contributed by atoms with Crippen molar-refractivity contribution >= 4 is 31.7 Å². The zero-order valence-electron chi connectivity index (χ0n) is 13.4. The third-order valence-corrected chi connectivity index (χ3v) is 5.99. The van der Waals surface area contributed by atoms with E-state index in [1.807, 2.05) is 26.0 Å². The molecule has 1 aliphatic rings. The molecule has 1 atom stereocenters. The van der Waals surface area contributed by atoms with Crippen LogP contribution in [0.15, 0.2) is 28.7 Å². The Bertz CT molecular complexity index is 643. The fourth-order valence-corrected chi connectivity index (χ4v) is 4.62. The summed E-state index contributed by atoms with van der Waals surface area (Å²) in [5.41, 5.74) is 0. The predicted octanol–water partition coefficient (Wildman–Crippen LogP) is 2.50. The number of carbonyl (C=O) groups excluding carboxylic acids is 1. The zero-order chi connectivity index (χ0) is 17.0. The molecule has 5 nitrogen and oxygen atoms in total. The van der Waals surface area contributed by atoms with Gasteiger partial charge in [-0.2, -0.15) is 0 Å². The number of nitrogens with zero attached hydrogens (tertiary/aromatic N) is 1. The number of ether oxygens (including phenoxy) is 1. The molecule has 0 aromatic heterocycles. The molecule has 0 saturated carbocycles. The van der Waals surface area contributed by atoms with Crippen LogP contribution in [0, 0.1) is 5.92 Å². The van der Waals surface area contributed by atoms with Crippen molar-refractivity contribution in [2.75, 3.05) is 24.7 Å². The number of halogens is 1. The Morgan fingerprint density at radius 3 is 2.52 bits per heavy atom. The van der Waals surface area contributed by atoms with E-state index in [4.69, 9.17) is 4.74 Å². The highest BCUT2D eigenvalue weighted by atomic mass is 79.9. The smallest absolute Gasteiger partial charge is 0.260 e. The van der Waals surface area contributed by atoms with Crippen molar-refractivity contribution in [3.63, 3.8) is 0 Å². The van der Waals surface area contributed by atoms with E-state index in [1.165, 1.54) is 0 Å². The van der Waals surface area contributed by atoms with E-state index in [9.17, 15) is 13.2 Å². The third kappa shape index (κ3) is 5.49. The minimum Gasteiger partial charge on any atom is -0.484 e. The summed E-state index contributed by atoms with van der Waals surface area (Å²) in [6.07, 6.45) is 0.513. The number of carbonyl (C=O) groups is 1. The van der Waals surface area contributed by atoms with Crippen molar-refractivity contribution in [3.8, 4) is 5.75 Å². The summed E-state index contributed by atoms with van der Waals surface area (Å²) in [5, 5.41) is 0. The molecule has 1 aliphatic heterocycles. The lowest BCUT2D eigenvalue weighted by Gasteiger charge is -2.29. The van der Waals surface area contributed by atoms with Crippen LogP contribution in [0.25, 0.3) is 0 Å². The van der Waals surface area contributed by atoms with Crippen LogP contribution in [-0.2, 0) is 14.6 Å². The van der Waals surface area contributed by atoms with Crippen LogP contribution in [0.4, 0.5) is 0 Å². The van der Waals surface area contributed by atoms with Crippen LogP contribution >= 0.6 is 15.9 Å². The molecule has 0 bridgehead atoms. The van der Waals surface area contributed by atoms with Crippen LogP contribution in [0.1, 0.15) is 20.3 Å². The Morgan fingerprint density at radius 2 is 2.00 bits per heavy atom. The highest BCUT2D eigenvalue weighted by Crippen LogP contribution is 2.20. The molecule has 23 heavy (non-hydrogen) atoms. The monoisotopic (exact) mass is 403 g/mol. The summed E-state index contributed by atoms with van der Waals surface area (Å²) in [6.45, 7) is 4.49. The van der Waals surface area contributed by atoms with Gasteiger partial charge in [-0.1, -0.05) is 29.8 Å². The van der Waals surface area contributed by atoms with Gasteiger partial charge >= 0.3 is 0 Å². The van der Waals surface area contributed by atoms with Crippen LogP contribution in [0.5, 0.6) is 5.75 Å². The first-order valence-electron chi connectivity index (χ1n) is 7.65. The molecule has 1 aromatic carbocycles. The van der Waals surface area contributed by atoms with Crippen molar-refractivity contribution in [3.05, 3.63) is 28.7 Å². The SMILES string of the molecule is CC(C)CN(C(=O)COc1ccc(Br)cc1)C1CCS(=O)(=O)C1. The summed E-state index contributed by atoms with van der Waals surface area (Å²) in [4.78, 5) is 14.2. The molecule has 0 radical (unpaired) electrons. The van der Waals surface area contributed by atoms with Crippen molar-refractivity contribution in [1.82, 2.24) is 4.90 Å².